The fourth-order valence-electron chi connectivity index (χ4n) is 5.17. The molecule has 1 aliphatic carbocycles. The number of aryl methyl sites for hydroxylation is 2. The van der Waals surface area contributed by atoms with E-state index in [4.69, 9.17) is 11.6 Å². The molecule has 0 atom stereocenters. The Morgan fingerprint density at radius 3 is 2.28 bits per heavy atom. The van der Waals surface area contributed by atoms with Gasteiger partial charge in [-0.3, -0.25) is 9.59 Å². The molecule has 0 radical (unpaired) electrons. The van der Waals surface area contributed by atoms with E-state index in [1.165, 1.54) is 18.4 Å². The summed E-state index contributed by atoms with van der Waals surface area (Å²) in [4.78, 5) is 39.3. The highest BCUT2D eigenvalue weighted by molar-refractivity contribution is 7.17. The van der Waals surface area contributed by atoms with Crippen molar-refractivity contribution in [3.8, 4) is 0 Å². The molecule has 10 heteroatoms. The molecule has 0 bridgehead atoms. The molecule has 3 aromatic carbocycles. The number of ether oxygens (including phenoxy) is 1. The van der Waals surface area contributed by atoms with Gasteiger partial charge in [-0.15, -0.1) is 22.9 Å². The topological polar surface area (TPSA) is 84.5 Å². The number of alkyl halides is 1. The predicted molar refractivity (Wildman–Crippen MR) is 164 cm³/mol. The molecule has 2 N–H and O–H groups in total. The van der Waals surface area contributed by atoms with Gasteiger partial charge in [-0.05, 0) is 91.6 Å². The summed E-state index contributed by atoms with van der Waals surface area (Å²) in [5.74, 6) is -2.67. The van der Waals surface area contributed by atoms with Crippen molar-refractivity contribution in [2.45, 2.75) is 44.4 Å². The van der Waals surface area contributed by atoms with E-state index < -0.39 is 23.5 Å². The van der Waals surface area contributed by atoms with Gasteiger partial charge in [0, 0.05) is 27.6 Å². The second kappa shape index (κ2) is 13.5. The molecule has 0 saturated heterocycles. The van der Waals surface area contributed by atoms with Crippen LogP contribution in [0.1, 0.15) is 71.0 Å². The molecule has 0 aliphatic heterocycles. The highest BCUT2D eigenvalue weighted by Crippen LogP contribution is 2.39. The van der Waals surface area contributed by atoms with E-state index in [1.807, 2.05) is 6.07 Å². The van der Waals surface area contributed by atoms with Gasteiger partial charge >= 0.3 is 5.97 Å². The Hall–Kier alpha value is -4.08. The molecule has 0 fully saturated rings. The van der Waals surface area contributed by atoms with E-state index in [0.717, 1.165) is 53.0 Å². The minimum absolute atomic E-state index is 0.0194. The van der Waals surface area contributed by atoms with E-state index in [0.29, 0.717) is 34.5 Å². The van der Waals surface area contributed by atoms with E-state index in [9.17, 15) is 14.4 Å². The Balaban J connectivity index is 1.33. The number of carbonyl (C=O) groups is 3. The molecule has 43 heavy (non-hydrogen) atoms. The normalized spacial score (nSPS) is 12.4. The van der Waals surface area contributed by atoms with Gasteiger partial charge in [-0.2, -0.15) is 0 Å². The average molecular weight is 623 g/mol. The van der Waals surface area contributed by atoms with E-state index in [1.54, 1.807) is 42.5 Å². The van der Waals surface area contributed by atoms with Gasteiger partial charge < -0.3 is 15.4 Å². The van der Waals surface area contributed by atoms with Crippen LogP contribution in [0.15, 0.2) is 60.7 Å². The van der Waals surface area contributed by atoms with Crippen LogP contribution in [0.4, 0.5) is 19.5 Å². The third-order valence-corrected chi connectivity index (χ3v) is 8.92. The molecular formula is C33H29ClF2N2O4S. The van der Waals surface area contributed by atoms with Crippen LogP contribution < -0.4 is 10.6 Å². The minimum Gasteiger partial charge on any atom is -0.465 e. The first-order chi connectivity index (χ1) is 20.8. The SMILES string of the molecule is COC(=O)c1ccc(CCc2c(F)cc(NC(=O)c3c(NC(=O)c4cccc(CCl)c4)sc4c3CCCC4)cc2F)cc1. The van der Waals surface area contributed by atoms with E-state index >= 15 is 8.78 Å². The molecule has 4 aromatic rings. The van der Waals surface area contributed by atoms with Crippen molar-refractivity contribution in [2.24, 2.45) is 0 Å². The van der Waals surface area contributed by atoms with Crippen LogP contribution in [0.3, 0.4) is 0 Å². The Labute approximate surface area is 257 Å². The summed E-state index contributed by atoms with van der Waals surface area (Å²) in [5, 5.41) is 5.93. The van der Waals surface area contributed by atoms with E-state index in [2.05, 4.69) is 15.4 Å². The van der Waals surface area contributed by atoms with Crippen molar-refractivity contribution < 1.29 is 27.9 Å². The standard InChI is InChI=1S/C33H29ClF2N2O4S/c1-42-33(41)21-12-9-19(10-13-21)11-14-24-26(35)16-23(17-27(24)36)37-31(40)29-25-7-2-3-8-28(25)43-32(29)38-30(39)22-6-4-5-20(15-22)18-34/h4-6,9-10,12-13,15-17H,2-3,7-8,11,14,18H2,1H3,(H,37,40)(H,38,39). The molecule has 222 valence electrons. The van der Waals surface area contributed by atoms with Crippen LogP contribution in [-0.4, -0.2) is 24.9 Å². The number of carbonyl (C=O) groups excluding carboxylic acids is 3. The monoisotopic (exact) mass is 622 g/mol. The van der Waals surface area contributed by atoms with Gasteiger partial charge in [-0.25, -0.2) is 13.6 Å². The number of fused-ring (bicyclic) bond motifs is 1. The number of hydrogen-bond donors (Lipinski definition) is 2. The minimum atomic E-state index is -0.776. The van der Waals surface area contributed by atoms with E-state index in [-0.39, 0.29) is 29.5 Å². The average Bonchev–Trinajstić information content (AvgIpc) is 3.38. The molecule has 1 aliphatic rings. The predicted octanol–water partition coefficient (Wildman–Crippen LogP) is 7.72. The van der Waals surface area contributed by atoms with Crippen LogP contribution in [0.5, 0.6) is 0 Å². The third-order valence-electron chi connectivity index (χ3n) is 7.41. The second-order valence-electron chi connectivity index (χ2n) is 10.3. The Bertz CT molecular complexity index is 1660. The van der Waals surface area contributed by atoms with Crippen LogP contribution in [-0.2, 0) is 36.3 Å². The molecule has 5 rings (SSSR count). The molecule has 0 unspecified atom stereocenters. The van der Waals surface area contributed by atoms with Gasteiger partial charge in [-0.1, -0.05) is 24.3 Å². The first-order valence-corrected chi connectivity index (χ1v) is 15.2. The van der Waals surface area contributed by atoms with Crippen LogP contribution in [0.25, 0.3) is 0 Å². The molecule has 1 aromatic heterocycles. The van der Waals surface area contributed by atoms with Crippen LogP contribution in [0.2, 0.25) is 0 Å². The van der Waals surface area contributed by atoms with Gasteiger partial charge in [0.2, 0.25) is 0 Å². The highest BCUT2D eigenvalue weighted by Gasteiger charge is 2.27. The smallest absolute Gasteiger partial charge is 0.337 e. The number of hydrogen-bond acceptors (Lipinski definition) is 5. The summed E-state index contributed by atoms with van der Waals surface area (Å²) < 4.78 is 34.8. The van der Waals surface area contributed by atoms with Crippen LogP contribution >= 0.6 is 22.9 Å². The number of nitrogens with one attached hydrogen (secondary N) is 2. The molecule has 1 heterocycles. The first kappa shape index (κ1) is 30.4. The Kier molecular flexibility index (Phi) is 9.52. The number of rotatable bonds is 9. The van der Waals surface area contributed by atoms with Crippen molar-refractivity contribution >= 4 is 51.4 Å². The summed E-state index contributed by atoms with van der Waals surface area (Å²) in [6, 6.07) is 15.8. The Morgan fingerprint density at radius 2 is 1.58 bits per heavy atom. The maximum Gasteiger partial charge on any atom is 0.337 e. The molecular weight excluding hydrogens is 594 g/mol. The second-order valence-corrected chi connectivity index (χ2v) is 11.6. The number of halogens is 3. The maximum atomic E-state index is 15.1. The van der Waals surface area contributed by atoms with Crippen molar-refractivity contribution in [1.82, 2.24) is 0 Å². The number of methoxy groups -OCH3 is 1. The lowest BCUT2D eigenvalue weighted by Crippen LogP contribution is -2.19. The lowest BCUT2D eigenvalue weighted by Gasteiger charge is -2.14. The third kappa shape index (κ3) is 6.95. The van der Waals surface area contributed by atoms with Gasteiger partial charge in [0.15, 0.2) is 0 Å². The Morgan fingerprint density at radius 1 is 0.860 bits per heavy atom. The lowest BCUT2D eigenvalue weighted by molar-refractivity contribution is 0.0600. The van der Waals surface area contributed by atoms with Gasteiger partial charge in [0.05, 0.1) is 18.2 Å². The maximum absolute atomic E-state index is 15.1. The molecule has 6 nitrogen and oxygen atoms in total. The van der Waals surface area contributed by atoms with Crippen molar-refractivity contribution in [1.29, 1.82) is 0 Å². The van der Waals surface area contributed by atoms with Crippen molar-refractivity contribution in [3.63, 3.8) is 0 Å². The quantitative estimate of drug-likeness (QED) is 0.148. The molecule has 2 amide bonds. The zero-order chi connectivity index (χ0) is 30.5. The zero-order valence-corrected chi connectivity index (χ0v) is 25.0. The van der Waals surface area contributed by atoms with Gasteiger partial charge in [0.1, 0.15) is 16.6 Å². The summed E-state index contributed by atoms with van der Waals surface area (Å²) >= 11 is 7.28. The fraction of sp³-hybridized carbons (Fsp3) is 0.242. The number of amides is 2. The zero-order valence-electron chi connectivity index (χ0n) is 23.4. The van der Waals surface area contributed by atoms with Crippen LogP contribution in [0, 0.1) is 11.6 Å². The van der Waals surface area contributed by atoms with Crippen molar-refractivity contribution in [3.05, 3.63) is 116 Å². The molecule has 0 spiro atoms. The highest BCUT2D eigenvalue weighted by atomic mass is 35.5. The fourth-order valence-corrected chi connectivity index (χ4v) is 6.62. The largest absolute Gasteiger partial charge is 0.465 e. The summed E-state index contributed by atoms with van der Waals surface area (Å²) in [5.41, 5.74) is 3.45. The summed E-state index contributed by atoms with van der Waals surface area (Å²) in [6.07, 6.45) is 3.78. The number of esters is 1. The number of thiophene rings is 1. The lowest BCUT2D eigenvalue weighted by atomic mass is 9.95. The first-order valence-electron chi connectivity index (χ1n) is 13.8. The summed E-state index contributed by atoms with van der Waals surface area (Å²) in [6.45, 7) is 0. The van der Waals surface area contributed by atoms with Gasteiger partial charge in [0.25, 0.3) is 11.8 Å². The molecule has 0 saturated carbocycles. The number of anilines is 2. The summed E-state index contributed by atoms with van der Waals surface area (Å²) in [7, 11) is 1.29. The van der Waals surface area contributed by atoms with Crippen molar-refractivity contribution in [2.75, 3.05) is 17.7 Å². The number of benzene rings is 3.